The van der Waals surface area contributed by atoms with Crippen molar-refractivity contribution in [3.05, 3.63) is 18.7 Å². The van der Waals surface area contributed by atoms with E-state index in [2.05, 4.69) is 36.5 Å². The van der Waals surface area contributed by atoms with Crippen LogP contribution in [0.2, 0.25) is 0 Å². The molecule has 2 heteroatoms. The summed E-state index contributed by atoms with van der Waals surface area (Å²) in [7, 11) is 0. The van der Waals surface area contributed by atoms with Crippen molar-refractivity contribution in [2.24, 2.45) is 5.92 Å². The lowest BCUT2D eigenvalue weighted by atomic mass is 9.96. The number of nitrogens with zero attached hydrogens (tertiary/aromatic N) is 2. The summed E-state index contributed by atoms with van der Waals surface area (Å²) in [6.45, 7) is 6.93. The highest BCUT2D eigenvalue weighted by Gasteiger charge is 2.12. The van der Waals surface area contributed by atoms with Gasteiger partial charge in [0.2, 0.25) is 0 Å². The second-order valence-corrected chi connectivity index (χ2v) is 5.28. The van der Waals surface area contributed by atoms with Crippen LogP contribution in [0.1, 0.15) is 71.8 Å². The fraction of sp³-hybridized carbons (Fsp3) is 0.800. The lowest BCUT2D eigenvalue weighted by Gasteiger charge is -2.21. The first-order valence-corrected chi connectivity index (χ1v) is 7.23. The van der Waals surface area contributed by atoms with Gasteiger partial charge in [-0.05, 0) is 19.3 Å². The first kappa shape index (κ1) is 14.3. The molecule has 0 spiro atoms. The summed E-state index contributed by atoms with van der Waals surface area (Å²) in [6, 6.07) is 0.577. The van der Waals surface area contributed by atoms with Crippen molar-refractivity contribution in [2.45, 2.75) is 71.8 Å². The molecule has 0 aromatic carbocycles. The molecule has 1 rings (SSSR count). The molecule has 1 aromatic rings. The van der Waals surface area contributed by atoms with E-state index in [-0.39, 0.29) is 0 Å². The zero-order valence-corrected chi connectivity index (χ0v) is 11.7. The Morgan fingerprint density at radius 2 is 1.76 bits per heavy atom. The van der Waals surface area contributed by atoms with Gasteiger partial charge in [0.25, 0.3) is 0 Å². The van der Waals surface area contributed by atoms with Crippen LogP contribution >= 0.6 is 0 Å². The third-order valence-electron chi connectivity index (χ3n) is 3.83. The SMILES string of the molecule is CCCCCCCCC(C)C(C)n1ccnc1. The van der Waals surface area contributed by atoms with Crippen molar-refractivity contribution in [3.63, 3.8) is 0 Å². The summed E-state index contributed by atoms with van der Waals surface area (Å²) in [5.41, 5.74) is 0. The minimum absolute atomic E-state index is 0.577. The van der Waals surface area contributed by atoms with Crippen LogP contribution in [0, 0.1) is 5.92 Å². The van der Waals surface area contributed by atoms with E-state index >= 15 is 0 Å². The van der Waals surface area contributed by atoms with Crippen LogP contribution in [0.3, 0.4) is 0 Å². The molecule has 2 nitrogen and oxygen atoms in total. The predicted molar refractivity (Wildman–Crippen MR) is 74.1 cm³/mol. The standard InChI is InChI=1S/C15H28N2/c1-4-5-6-7-8-9-10-14(2)15(3)17-12-11-16-13-17/h11-15H,4-10H2,1-3H3. The quantitative estimate of drug-likeness (QED) is 0.561. The number of hydrogen-bond donors (Lipinski definition) is 0. The Kier molecular flexibility index (Phi) is 6.99. The predicted octanol–water partition coefficient (Wildman–Crippen LogP) is 4.83. The lowest BCUT2D eigenvalue weighted by molar-refractivity contribution is 0.345. The number of unbranched alkanes of at least 4 members (excludes halogenated alkanes) is 5. The van der Waals surface area contributed by atoms with Crippen LogP contribution in [-0.4, -0.2) is 9.55 Å². The number of imidazole rings is 1. The van der Waals surface area contributed by atoms with Gasteiger partial charge in [-0.1, -0.05) is 52.4 Å². The highest BCUT2D eigenvalue weighted by Crippen LogP contribution is 2.22. The fourth-order valence-corrected chi connectivity index (χ4v) is 2.29. The topological polar surface area (TPSA) is 17.8 Å². The summed E-state index contributed by atoms with van der Waals surface area (Å²) < 4.78 is 2.22. The molecule has 0 radical (unpaired) electrons. The van der Waals surface area contributed by atoms with Crippen molar-refractivity contribution in [1.29, 1.82) is 0 Å². The second-order valence-electron chi connectivity index (χ2n) is 5.28. The molecule has 0 bridgehead atoms. The maximum Gasteiger partial charge on any atom is 0.0948 e. The Bertz CT molecular complexity index is 266. The third kappa shape index (κ3) is 5.38. The monoisotopic (exact) mass is 236 g/mol. The van der Waals surface area contributed by atoms with E-state index in [4.69, 9.17) is 0 Å². The van der Waals surface area contributed by atoms with E-state index in [1.165, 1.54) is 44.9 Å². The molecule has 98 valence electrons. The van der Waals surface area contributed by atoms with Gasteiger partial charge in [0.1, 0.15) is 0 Å². The summed E-state index contributed by atoms with van der Waals surface area (Å²) in [6.07, 6.45) is 15.6. The molecule has 0 saturated heterocycles. The molecule has 0 amide bonds. The molecule has 1 heterocycles. The van der Waals surface area contributed by atoms with Gasteiger partial charge >= 0.3 is 0 Å². The molecule has 0 saturated carbocycles. The van der Waals surface area contributed by atoms with Crippen molar-refractivity contribution < 1.29 is 0 Å². The highest BCUT2D eigenvalue weighted by atomic mass is 15.0. The van der Waals surface area contributed by atoms with Gasteiger partial charge in [-0.25, -0.2) is 4.98 Å². The zero-order chi connectivity index (χ0) is 12.5. The first-order valence-electron chi connectivity index (χ1n) is 7.23. The molecule has 2 atom stereocenters. The summed E-state index contributed by atoms with van der Waals surface area (Å²) in [4.78, 5) is 4.12. The molecular weight excluding hydrogens is 208 g/mol. The van der Waals surface area contributed by atoms with Crippen LogP contribution in [-0.2, 0) is 0 Å². The molecule has 2 unspecified atom stereocenters. The minimum atomic E-state index is 0.577. The van der Waals surface area contributed by atoms with E-state index in [0.717, 1.165) is 5.92 Å². The highest BCUT2D eigenvalue weighted by molar-refractivity contribution is 4.80. The lowest BCUT2D eigenvalue weighted by Crippen LogP contribution is -2.12. The maximum atomic E-state index is 4.12. The average molecular weight is 236 g/mol. The van der Waals surface area contributed by atoms with Crippen molar-refractivity contribution in [2.75, 3.05) is 0 Å². The van der Waals surface area contributed by atoms with Gasteiger partial charge < -0.3 is 4.57 Å². The molecule has 17 heavy (non-hydrogen) atoms. The Balaban J connectivity index is 2.10. The fourth-order valence-electron chi connectivity index (χ4n) is 2.29. The smallest absolute Gasteiger partial charge is 0.0948 e. The van der Waals surface area contributed by atoms with E-state index in [1.54, 1.807) is 0 Å². The second kappa shape index (κ2) is 8.32. The van der Waals surface area contributed by atoms with Gasteiger partial charge in [-0.15, -0.1) is 0 Å². The molecular formula is C15H28N2. The zero-order valence-electron chi connectivity index (χ0n) is 11.7. The van der Waals surface area contributed by atoms with Gasteiger partial charge in [0.15, 0.2) is 0 Å². The Morgan fingerprint density at radius 3 is 2.41 bits per heavy atom. The van der Waals surface area contributed by atoms with E-state index in [9.17, 15) is 0 Å². The van der Waals surface area contributed by atoms with Crippen LogP contribution < -0.4 is 0 Å². The maximum absolute atomic E-state index is 4.12. The normalized spacial score (nSPS) is 14.8. The van der Waals surface area contributed by atoms with Crippen molar-refractivity contribution in [3.8, 4) is 0 Å². The van der Waals surface area contributed by atoms with Crippen LogP contribution in [0.5, 0.6) is 0 Å². The molecule has 0 N–H and O–H groups in total. The van der Waals surface area contributed by atoms with E-state index in [1.807, 2.05) is 12.5 Å². The molecule has 0 aliphatic carbocycles. The average Bonchev–Trinajstić information content (AvgIpc) is 2.86. The third-order valence-corrected chi connectivity index (χ3v) is 3.83. The molecule has 0 aliphatic heterocycles. The number of rotatable bonds is 9. The van der Waals surface area contributed by atoms with Gasteiger partial charge in [-0.2, -0.15) is 0 Å². The van der Waals surface area contributed by atoms with Crippen LogP contribution in [0.4, 0.5) is 0 Å². The Morgan fingerprint density at radius 1 is 1.06 bits per heavy atom. The minimum Gasteiger partial charge on any atom is -0.334 e. The first-order chi connectivity index (χ1) is 8.25. The summed E-state index contributed by atoms with van der Waals surface area (Å²) >= 11 is 0. The van der Waals surface area contributed by atoms with Crippen molar-refractivity contribution >= 4 is 0 Å². The molecule has 1 aromatic heterocycles. The largest absolute Gasteiger partial charge is 0.334 e. The van der Waals surface area contributed by atoms with E-state index < -0.39 is 0 Å². The van der Waals surface area contributed by atoms with Crippen LogP contribution in [0.25, 0.3) is 0 Å². The Hall–Kier alpha value is -0.790. The van der Waals surface area contributed by atoms with Crippen molar-refractivity contribution in [1.82, 2.24) is 9.55 Å². The number of hydrogen-bond acceptors (Lipinski definition) is 1. The van der Waals surface area contributed by atoms with Gasteiger partial charge in [0.05, 0.1) is 6.33 Å². The number of aromatic nitrogens is 2. The van der Waals surface area contributed by atoms with Gasteiger partial charge in [-0.3, -0.25) is 0 Å². The molecule has 0 fully saturated rings. The summed E-state index contributed by atoms with van der Waals surface area (Å²) in [5.74, 6) is 0.746. The molecule has 0 aliphatic rings. The van der Waals surface area contributed by atoms with Crippen LogP contribution in [0.15, 0.2) is 18.7 Å². The van der Waals surface area contributed by atoms with E-state index in [0.29, 0.717) is 6.04 Å². The van der Waals surface area contributed by atoms with Gasteiger partial charge in [0, 0.05) is 18.4 Å². The Labute approximate surface area is 106 Å². The summed E-state index contributed by atoms with van der Waals surface area (Å²) in [5, 5.41) is 0.